The van der Waals surface area contributed by atoms with Crippen molar-refractivity contribution in [1.29, 1.82) is 0 Å². The molecule has 1 atom stereocenters. The molecule has 33 heavy (non-hydrogen) atoms. The van der Waals surface area contributed by atoms with Crippen molar-refractivity contribution in [2.45, 2.75) is 11.0 Å². The molecule has 3 aromatic rings. The normalized spacial score (nSPS) is 15.3. The van der Waals surface area contributed by atoms with Crippen LogP contribution in [-0.4, -0.2) is 40.1 Å². The molecule has 0 bridgehead atoms. The van der Waals surface area contributed by atoms with Crippen molar-refractivity contribution >= 4 is 33.2 Å². The van der Waals surface area contributed by atoms with Gasteiger partial charge >= 0.3 is 0 Å². The van der Waals surface area contributed by atoms with Crippen LogP contribution in [0.15, 0.2) is 77.7 Å². The Hall–Kier alpha value is -3.30. The lowest BCUT2D eigenvalue weighted by Crippen LogP contribution is -2.51. The molecule has 1 heterocycles. The number of fused-ring (bicyclic) bond motifs is 1. The van der Waals surface area contributed by atoms with E-state index < -0.39 is 22.0 Å². The Bertz CT molecular complexity index is 1240. The average molecular weight is 491 g/mol. The zero-order valence-corrected chi connectivity index (χ0v) is 18.9. The van der Waals surface area contributed by atoms with Crippen molar-refractivity contribution in [3.05, 3.63) is 83.6 Å². The molecule has 3 aromatic carbocycles. The number of carbonyl (C=O) groups excluding carboxylic acids is 1. The number of anilines is 1. The SMILES string of the molecule is O=C(NCCOc1ccc(F)cc1)[C@@H]1CN(S(=O)(=O)c2ccc(Cl)cc2)c2ccccc2O1. The van der Waals surface area contributed by atoms with Gasteiger partial charge in [0, 0.05) is 5.02 Å². The second-order valence-corrected chi connectivity index (χ2v) is 9.46. The van der Waals surface area contributed by atoms with Crippen LogP contribution in [0.4, 0.5) is 10.1 Å². The molecule has 1 aliphatic heterocycles. The zero-order chi connectivity index (χ0) is 23.4. The van der Waals surface area contributed by atoms with Crippen LogP contribution in [0.1, 0.15) is 0 Å². The van der Waals surface area contributed by atoms with Crippen molar-refractivity contribution in [3.8, 4) is 11.5 Å². The van der Waals surface area contributed by atoms with Gasteiger partial charge in [-0.15, -0.1) is 0 Å². The number of sulfonamides is 1. The van der Waals surface area contributed by atoms with Crippen molar-refractivity contribution in [2.24, 2.45) is 0 Å². The predicted molar refractivity (Wildman–Crippen MR) is 122 cm³/mol. The molecule has 7 nitrogen and oxygen atoms in total. The summed E-state index contributed by atoms with van der Waals surface area (Å²) in [6.07, 6.45) is -1.06. The Morgan fingerprint density at radius 1 is 1.09 bits per heavy atom. The van der Waals surface area contributed by atoms with Crippen LogP contribution in [-0.2, 0) is 14.8 Å². The number of hydrogen-bond donors (Lipinski definition) is 1. The molecule has 1 aliphatic rings. The second kappa shape index (κ2) is 9.68. The van der Waals surface area contributed by atoms with Crippen LogP contribution in [0.2, 0.25) is 5.02 Å². The minimum absolute atomic E-state index is 0.0514. The van der Waals surface area contributed by atoms with E-state index >= 15 is 0 Å². The quantitative estimate of drug-likeness (QED) is 0.511. The van der Waals surface area contributed by atoms with Crippen LogP contribution >= 0.6 is 11.6 Å². The fourth-order valence-electron chi connectivity index (χ4n) is 3.29. The van der Waals surface area contributed by atoms with Crippen molar-refractivity contribution in [3.63, 3.8) is 0 Å². The van der Waals surface area contributed by atoms with Gasteiger partial charge in [-0.2, -0.15) is 0 Å². The highest BCUT2D eigenvalue weighted by molar-refractivity contribution is 7.92. The lowest BCUT2D eigenvalue weighted by Gasteiger charge is -2.34. The Morgan fingerprint density at radius 2 is 1.79 bits per heavy atom. The van der Waals surface area contributed by atoms with Gasteiger partial charge in [0.05, 0.1) is 23.7 Å². The summed E-state index contributed by atoms with van der Waals surface area (Å²) in [5.41, 5.74) is 0.344. The Labute approximate surface area is 195 Å². The molecule has 0 saturated carbocycles. The number of nitrogens with zero attached hydrogens (tertiary/aromatic N) is 1. The van der Waals surface area contributed by atoms with Gasteiger partial charge < -0.3 is 14.8 Å². The topological polar surface area (TPSA) is 84.9 Å². The van der Waals surface area contributed by atoms with Crippen LogP contribution in [0, 0.1) is 5.82 Å². The molecule has 4 rings (SSSR count). The number of para-hydroxylation sites is 2. The first-order valence-corrected chi connectivity index (χ1v) is 11.9. The molecule has 10 heteroatoms. The van der Waals surface area contributed by atoms with Gasteiger partial charge in [-0.1, -0.05) is 23.7 Å². The first-order valence-electron chi connectivity index (χ1n) is 10.0. The molecular formula is C23H20ClFN2O5S. The van der Waals surface area contributed by atoms with E-state index in [0.29, 0.717) is 16.5 Å². The number of carbonyl (C=O) groups is 1. The first kappa shape index (κ1) is 22.9. The standard InChI is InChI=1S/C23H20ClFN2O5S/c24-16-5-11-19(12-6-16)33(29,30)27-15-22(32-21-4-2-1-3-20(21)27)23(28)26-13-14-31-18-9-7-17(25)8-10-18/h1-12,22H,13-15H2,(H,26,28)/t22-/m0/s1. The van der Waals surface area contributed by atoms with E-state index in [-0.39, 0.29) is 36.2 Å². The number of benzene rings is 3. The summed E-state index contributed by atoms with van der Waals surface area (Å²) in [5, 5.41) is 3.10. The third kappa shape index (κ3) is 5.20. The number of halogens is 2. The molecule has 0 spiro atoms. The van der Waals surface area contributed by atoms with Gasteiger partial charge in [0.2, 0.25) is 0 Å². The fourth-order valence-corrected chi connectivity index (χ4v) is 4.89. The van der Waals surface area contributed by atoms with Crippen LogP contribution < -0.4 is 19.1 Å². The molecular weight excluding hydrogens is 471 g/mol. The van der Waals surface area contributed by atoms with Crippen molar-refractivity contribution < 1.29 is 27.1 Å². The number of nitrogens with one attached hydrogen (secondary N) is 1. The summed E-state index contributed by atoms with van der Waals surface area (Å²) in [5.74, 6) is -0.107. The number of hydrogen-bond acceptors (Lipinski definition) is 5. The highest BCUT2D eigenvalue weighted by Crippen LogP contribution is 2.36. The Balaban J connectivity index is 1.46. The van der Waals surface area contributed by atoms with E-state index in [1.807, 2.05) is 0 Å². The third-order valence-corrected chi connectivity index (χ3v) is 6.96. The average Bonchev–Trinajstić information content (AvgIpc) is 2.82. The fraction of sp³-hybridized carbons (Fsp3) is 0.174. The van der Waals surface area contributed by atoms with Crippen LogP contribution in [0.3, 0.4) is 0 Å². The summed E-state index contributed by atoms with van der Waals surface area (Å²) < 4.78 is 52.0. The molecule has 0 aromatic heterocycles. The van der Waals surface area contributed by atoms with Gasteiger partial charge in [0.15, 0.2) is 6.10 Å². The third-order valence-electron chi connectivity index (χ3n) is 4.91. The van der Waals surface area contributed by atoms with Crippen LogP contribution in [0.25, 0.3) is 0 Å². The van der Waals surface area contributed by atoms with Crippen LogP contribution in [0.5, 0.6) is 11.5 Å². The predicted octanol–water partition coefficient (Wildman–Crippen LogP) is 3.63. The number of amides is 1. The zero-order valence-electron chi connectivity index (χ0n) is 17.3. The summed E-state index contributed by atoms with van der Waals surface area (Å²) in [4.78, 5) is 12.8. The van der Waals surface area contributed by atoms with Crippen molar-refractivity contribution in [2.75, 3.05) is 24.0 Å². The Morgan fingerprint density at radius 3 is 2.52 bits per heavy atom. The number of rotatable bonds is 7. The molecule has 172 valence electrons. The minimum atomic E-state index is -3.96. The van der Waals surface area contributed by atoms with E-state index in [4.69, 9.17) is 21.1 Å². The number of ether oxygens (including phenoxy) is 2. The van der Waals surface area contributed by atoms with Gasteiger partial charge in [-0.05, 0) is 60.7 Å². The molecule has 1 amide bonds. The van der Waals surface area contributed by atoms with E-state index in [1.54, 1.807) is 24.3 Å². The van der Waals surface area contributed by atoms with E-state index in [1.165, 1.54) is 48.5 Å². The summed E-state index contributed by atoms with van der Waals surface area (Å²) in [6.45, 7) is 0.0990. The van der Waals surface area contributed by atoms with Gasteiger partial charge in [0.25, 0.3) is 15.9 Å². The van der Waals surface area contributed by atoms with Crippen molar-refractivity contribution in [1.82, 2.24) is 5.32 Å². The molecule has 0 fully saturated rings. The maximum Gasteiger partial charge on any atom is 0.264 e. The van der Waals surface area contributed by atoms with Gasteiger partial charge in [-0.25, -0.2) is 12.8 Å². The lowest BCUT2D eigenvalue weighted by atomic mass is 10.2. The maximum atomic E-state index is 13.3. The van der Waals surface area contributed by atoms with E-state index in [2.05, 4.69) is 5.32 Å². The summed E-state index contributed by atoms with van der Waals surface area (Å²) in [6, 6.07) is 17.9. The molecule has 1 N–H and O–H groups in total. The molecule has 0 saturated heterocycles. The highest BCUT2D eigenvalue weighted by atomic mass is 35.5. The summed E-state index contributed by atoms with van der Waals surface area (Å²) >= 11 is 5.89. The highest BCUT2D eigenvalue weighted by Gasteiger charge is 2.37. The molecule has 0 aliphatic carbocycles. The lowest BCUT2D eigenvalue weighted by molar-refractivity contribution is -0.127. The summed E-state index contributed by atoms with van der Waals surface area (Å²) in [7, 11) is -3.96. The largest absolute Gasteiger partial charge is 0.492 e. The van der Waals surface area contributed by atoms with E-state index in [0.717, 1.165) is 4.31 Å². The van der Waals surface area contributed by atoms with E-state index in [9.17, 15) is 17.6 Å². The second-order valence-electron chi connectivity index (χ2n) is 7.16. The minimum Gasteiger partial charge on any atom is -0.492 e. The smallest absolute Gasteiger partial charge is 0.264 e. The van der Waals surface area contributed by atoms with Gasteiger partial charge in [-0.3, -0.25) is 9.10 Å². The molecule has 0 radical (unpaired) electrons. The Kier molecular flexibility index (Phi) is 6.71. The molecule has 0 unspecified atom stereocenters. The maximum absolute atomic E-state index is 13.3. The first-order chi connectivity index (χ1) is 15.8. The monoisotopic (exact) mass is 490 g/mol. The van der Waals surface area contributed by atoms with Gasteiger partial charge in [0.1, 0.15) is 23.9 Å².